The van der Waals surface area contributed by atoms with Gasteiger partial charge in [0.15, 0.2) is 0 Å². The molecule has 0 heterocycles. The first-order valence-electron chi connectivity index (χ1n) is 19.8. The molecule has 2 N–H and O–H groups in total. The Bertz CT molecular complexity index is 1180. The van der Waals surface area contributed by atoms with Gasteiger partial charge in [0.2, 0.25) is 23.6 Å². The highest BCUT2D eigenvalue weighted by atomic mass is 16.6. The summed E-state index contributed by atoms with van der Waals surface area (Å²) in [6.07, 6.45) is 16.0. The van der Waals surface area contributed by atoms with E-state index in [2.05, 4.69) is 5.32 Å². The molecule has 0 aromatic heterocycles. The van der Waals surface area contributed by atoms with Crippen LogP contribution in [0.25, 0.3) is 0 Å². The molecular weight excluding hydrogens is 696 g/mol. The predicted octanol–water partition coefficient (Wildman–Crippen LogP) is 5.64. The lowest BCUT2D eigenvalue weighted by Crippen LogP contribution is -2.46. The number of nitrogens with zero attached hydrogens (tertiary/aromatic N) is 3. The lowest BCUT2D eigenvalue weighted by atomic mass is 10.0. The molecule has 14 heteroatoms. The maximum atomic E-state index is 12.9. The molecule has 0 unspecified atom stereocenters. The number of carboxylic acid groups (broad SMARTS) is 1. The average molecular weight is 769 g/mol. The summed E-state index contributed by atoms with van der Waals surface area (Å²) in [5, 5.41) is 11.6. The van der Waals surface area contributed by atoms with Crippen molar-refractivity contribution in [2.75, 3.05) is 40.8 Å². The van der Waals surface area contributed by atoms with E-state index in [4.69, 9.17) is 14.6 Å². The molecule has 0 fully saturated rings. The highest BCUT2D eigenvalue weighted by Gasteiger charge is 2.28. The van der Waals surface area contributed by atoms with Gasteiger partial charge in [-0.2, -0.15) is 0 Å². The normalized spacial score (nSPS) is 12.0. The van der Waals surface area contributed by atoms with Crippen molar-refractivity contribution in [2.24, 2.45) is 0 Å². The first kappa shape index (κ1) is 50.3. The Kier molecular flexibility index (Phi) is 25.1. The highest BCUT2D eigenvalue weighted by molar-refractivity contribution is 5.89. The molecule has 1 atom stereocenters. The van der Waals surface area contributed by atoms with Gasteiger partial charge in [-0.1, -0.05) is 77.0 Å². The van der Waals surface area contributed by atoms with Crippen LogP contribution in [0.2, 0.25) is 0 Å². The fraction of sp³-hybridized carbons (Fsp3) is 0.825. The third-order valence-corrected chi connectivity index (χ3v) is 8.52. The van der Waals surface area contributed by atoms with Gasteiger partial charge in [0.1, 0.15) is 23.8 Å². The minimum absolute atomic E-state index is 0.0117. The minimum Gasteiger partial charge on any atom is -0.480 e. The molecule has 0 aliphatic carbocycles. The zero-order chi connectivity index (χ0) is 41.3. The summed E-state index contributed by atoms with van der Waals surface area (Å²) in [6, 6.07) is -1.03. The Labute approximate surface area is 324 Å². The van der Waals surface area contributed by atoms with Crippen LogP contribution >= 0.6 is 0 Å². The van der Waals surface area contributed by atoms with Crippen LogP contribution in [0.3, 0.4) is 0 Å². The van der Waals surface area contributed by atoms with E-state index < -0.39 is 53.4 Å². The number of ether oxygens (including phenoxy) is 2. The number of unbranched alkanes of at least 4 members (excludes halogenated alkanes) is 13. The van der Waals surface area contributed by atoms with Gasteiger partial charge in [0.05, 0.1) is 13.1 Å². The molecule has 312 valence electrons. The lowest BCUT2D eigenvalue weighted by Gasteiger charge is -2.26. The molecule has 54 heavy (non-hydrogen) atoms. The second-order valence-corrected chi connectivity index (χ2v) is 16.4. The molecule has 0 spiro atoms. The van der Waals surface area contributed by atoms with Gasteiger partial charge in [0, 0.05) is 40.4 Å². The molecule has 0 saturated heterocycles. The van der Waals surface area contributed by atoms with Crippen molar-refractivity contribution in [1.29, 1.82) is 0 Å². The molecular formula is C40H72N4O10. The second kappa shape index (κ2) is 27.0. The van der Waals surface area contributed by atoms with Crippen LogP contribution in [0.4, 0.5) is 0 Å². The predicted molar refractivity (Wildman–Crippen MR) is 207 cm³/mol. The Morgan fingerprint density at radius 2 is 0.889 bits per heavy atom. The quantitative estimate of drug-likeness (QED) is 0.0748. The number of aliphatic carboxylic acids is 1. The van der Waals surface area contributed by atoms with Crippen molar-refractivity contribution in [3.8, 4) is 0 Å². The third-order valence-electron chi connectivity index (χ3n) is 8.52. The smallest absolute Gasteiger partial charge is 0.329 e. The first-order valence-corrected chi connectivity index (χ1v) is 19.8. The Morgan fingerprint density at radius 3 is 1.30 bits per heavy atom. The van der Waals surface area contributed by atoms with Crippen molar-refractivity contribution in [3.63, 3.8) is 0 Å². The number of rotatable bonds is 28. The van der Waals surface area contributed by atoms with Crippen molar-refractivity contribution in [3.05, 3.63) is 0 Å². The van der Waals surface area contributed by atoms with Crippen LogP contribution in [-0.2, 0) is 43.0 Å². The summed E-state index contributed by atoms with van der Waals surface area (Å²) in [5.41, 5.74) is -1.20. The van der Waals surface area contributed by atoms with E-state index in [1.54, 1.807) is 20.8 Å². The zero-order valence-electron chi connectivity index (χ0n) is 34.9. The Hall–Kier alpha value is -3.71. The van der Waals surface area contributed by atoms with Crippen molar-refractivity contribution in [1.82, 2.24) is 20.0 Å². The summed E-state index contributed by atoms with van der Waals surface area (Å²) in [6.45, 7) is 9.66. The number of amides is 4. The summed E-state index contributed by atoms with van der Waals surface area (Å²) in [5.74, 6) is -3.73. The summed E-state index contributed by atoms with van der Waals surface area (Å²) < 4.78 is 10.8. The molecule has 0 bridgehead atoms. The Balaban J connectivity index is 4.38. The molecule has 0 aromatic carbocycles. The van der Waals surface area contributed by atoms with Crippen molar-refractivity contribution >= 4 is 41.5 Å². The molecule has 14 nitrogen and oxygen atoms in total. The van der Waals surface area contributed by atoms with Crippen molar-refractivity contribution < 1.29 is 48.1 Å². The molecule has 0 aliphatic rings. The van der Waals surface area contributed by atoms with Crippen LogP contribution in [0.1, 0.15) is 157 Å². The van der Waals surface area contributed by atoms with E-state index >= 15 is 0 Å². The zero-order valence-corrected chi connectivity index (χ0v) is 34.9. The van der Waals surface area contributed by atoms with E-state index in [9.17, 15) is 33.6 Å². The maximum absolute atomic E-state index is 12.9. The molecule has 0 aromatic rings. The number of carbonyl (C=O) groups is 7. The van der Waals surface area contributed by atoms with Crippen LogP contribution in [0, 0.1) is 0 Å². The van der Waals surface area contributed by atoms with E-state index in [0.29, 0.717) is 12.8 Å². The molecule has 0 radical (unpaired) electrons. The SMILES string of the molecule is CN(CC(=O)O)C(=O)CN(C)C(=O)CN(C)C(=O)CC[C@H](NC(=O)CCCCCCCCCCCCCCCCC(=O)OC(C)(C)C)C(=O)OC(C)(C)C. The molecule has 0 saturated carbocycles. The van der Waals surface area contributed by atoms with Crippen LogP contribution in [0.5, 0.6) is 0 Å². The number of carbonyl (C=O) groups excluding carboxylic acids is 6. The average Bonchev–Trinajstić information content (AvgIpc) is 3.04. The Morgan fingerprint density at radius 1 is 0.519 bits per heavy atom. The largest absolute Gasteiger partial charge is 0.480 e. The van der Waals surface area contributed by atoms with Crippen LogP contribution < -0.4 is 5.32 Å². The van der Waals surface area contributed by atoms with Gasteiger partial charge in [-0.05, 0) is 60.8 Å². The number of hydrogen-bond acceptors (Lipinski definition) is 9. The monoisotopic (exact) mass is 769 g/mol. The lowest BCUT2D eigenvalue weighted by molar-refractivity contribution is -0.159. The minimum atomic E-state index is -1.18. The molecule has 0 rings (SSSR count). The fourth-order valence-electron chi connectivity index (χ4n) is 5.53. The van der Waals surface area contributed by atoms with E-state index in [0.717, 1.165) is 48.3 Å². The fourth-order valence-corrected chi connectivity index (χ4v) is 5.53. The van der Waals surface area contributed by atoms with Gasteiger partial charge in [-0.25, -0.2) is 4.79 Å². The van der Waals surface area contributed by atoms with Gasteiger partial charge in [-0.3, -0.25) is 28.8 Å². The summed E-state index contributed by atoms with van der Waals surface area (Å²) in [4.78, 5) is 89.2. The van der Waals surface area contributed by atoms with Crippen molar-refractivity contribution in [2.45, 2.75) is 174 Å². The number of hydrogen-bond donors (Lipinski definition) is 2. The standard InChI is InChI=1S/C40H72N4O10/c1-39(2,3)53-37(51)25-23-21-19-17-15-13-11-10-12-14-16-18-20-22-24-32(45)41-31(38(52)54-40(4,5)6)26-27-33(46)42(7)28-34(47)43(8)29-35(48)44(9)30-36(49)50/h31H,10-30H2,1-9H3,(H,41,45)(H,49,50)/t31-/m0/s1. The third kappa shape index (κ3) is 27.8. The molecule has 0 aliphatic heterocycles. The second-order valence-electron chi connectivity index (χ2n) is 16.4. The van der Waals surface area contributed by atoms with Crippen LogP contribution in [0.15, 0.2) is 0 Å². The van der Waals surface area contributed by atoms with Gasteiger partial charge in [0.25, 0.3) is 0 Å². The molecule has 4 amide bonds. The summed E-state index contributed by atoms with van der Waals surface area (Å²) in [7, 11) is 4.13. The first-order chi connectivity index (χ1) is 25.1. The number of nitrogens with one attached hydrogen (secondary N) is 1. The highest BCUT2D eigenvalue weighted by Crippen LogP contribution is 2.16. The number of carboxylic acids is 1. The van der Waals surface area contributed by atoms with E-state index in [1.165, 1.54) is 71.0 Å². The van der Waals surface area contributed by atoms with E-state index in [1.807, 2.05) is 20.8 Å². The van der Waals surface area contributed by atoms with Crippen LogP contribution in [-0.4, -0.2) is 119 Å². The number of likely N-dealkylation sites (N-methyl/N-ethyl adjacent to an activating group) is 3. The summed E-state index contributed by atoms with van der Waals surface area (Å²) >= 11 is 0. The van der Waals surface area contributed by atoms with Gasteiger partial charge in [-0.15, -0.1) is 0 Å². The maximum Gasteiger partial charge on any atom is 0.329 e. The van der Waals surface area contributed by atoms with Gasteiger partial charge >= 0.3 is 17.9 Å². The van der Waals surface area contributed by atoms with E-state index in [-0.39, 0.29) is 44.2 Å². The number of esters is 2. The van der Waals surface area contributed by atoms with Gasteiger partial charge < -0.3 is 34.6 Å². The topological polar surface area (TPSA) is 180 Å².